The number of carbonyl (C=O) groups is 2. The molecule has 2 aromatic rings. The third-order valence-corrected chi connectivity index (χ3v) is 4.52. The normalized spacial score (nSPS) is 15.3. The minimum absolute atomic E-state index is 0.0867. The van der Waals surface area contributed by atoms with Gasteiger partial charge >= 0.3 is 0 Å². The van der Waals surface area contributed by atoms with Crippen molar-refractivity contribution in [1.29, 1.82) is 0 Å². The number of carbonyl (C=O) groups excluding carboxylic acids is 2. The number of nitrogens with two attached hydrogens (primary N) is 1. The lowest BCUT2D eigenvalue weighted by atomic mass is 10.1. The minimum Gasteiger partial charge on any atom is -0.494 e. The molecule has 9 heteroatoms. The zero-order chi connectivity index (χ0) is 19.2. The van der Waals surface area contributed by atoms with E-state index in [1.165, 1.54) is 19.5 Å². The summed E-state index contributed by atoms with van der Waals surface area (Å²) in [5, 5.41) is 3.24. The van der Waals surface area contributed by atoms with Crippen LogP contribution in [0.4, 0.5) is 11.8 Å². The topological polar surface area (TPSA) is 123 Å². The van der Waals surface area contributed by atoms with Crippen molar-refractivity contribution in [2.75, 3.05) is 37.8 Å². The van der Waals surface area contributed by atoms with Crippen LogP contribution in [0.5, 0.6) is 5.75 Å². The number of nitrogen functional groups attached to an aromatic ring is 1. The molecule has 142 valence electrons. The molecule has 3 rings (SSSR count). The van der Waals surface area contributed by atoms with Crippen LogP contribution in [0.25, 0.3) is 0 Å². The molecular weight excluding hydrogens is 348 g/mol. The molecule has 0 saturated carbocycles. The number of aldehydes is 1. The Morgan fingerprint density at radius 2 is 2.19 bits per heavy atom. The highest BCUT2D eigenvalue weighted by molar-refractivity contribution is 6.11. The summed E-state index contributed by atoms with van der Waals surface area (Å²) in [4.78, 5) is 37.9. The van der Waals surface area contributed by atoms with Crippen molar-refractivity contribution in [2.24, 2.45) is 0 Å². The minimum atomic E-state index is -0.390. The van der Waals surface area contributed by atoms with Gasteiger partial charge < -0.3 is 20.6 Å². The van der Waals surface area contributed by atoms with Gasteiger partial charge in [-0.15, -0.1) is 0 Å². The summed E-state index contributed by atoms with van der Waals surface area (Å²) in [5.74, 6) is 0.444. The molecule has 1 aliphatic rings. The number of aromatic nitrogens is 3. The molecule has 3 N–H and O–H groups in total. The lowest BCUT2D eigenvalue weighted by Crippen LogP contribution is -2.40. The monoisotopic (exact) mass is 370 g/mol. The smallest absolute Gasteiger partial charge is 0.224 e. The van der Waals surface area contributed by atoms with Crippen LogP contribution in [0.2, 0.25) is 0 Å². The molecule has 0 spiro atoms. The summed E-state index contributed by atoms with van der Waals surface area (Å²) in [6.07, 6.45) is 5.60. The summed E-state index contributed by atoms with van der Waals surface area (Å²) in [5.41, 5.74) is 6.33. The number of methoxy groups -OCH3 is 1. The van der Waals surface area contributed by atoms with Crippen molar-refractivity contribution < 1.29 is 14.3 Å². The van der Waals surface area contributed by atoms with Crippen LogP contribution in [-0.2, 0) is 4.79 Å². The van der Waals surface area contributed by atoms with E-state index in [-0.39, 0.29) is 23.1 Å². The molecule has 3 heterocycles. The van der Waals surface area contributed by atoms with Crippen molar-refractivity contribution in [3.63, 3.8) is 0 Å². The highest BCUT2D eigenvalue weighted by Crippen LogP contribution is 2.22. The Balaban J connectivity index is 1.69. The average Bonchev–Trinajstić information content (AvgIpc) is 2.69. The maximum absolute atomic E-state index is 12.7. The van der Waals surface area contributed by atoms with Crippen molar-refractivity contribution in [2.45, 2.75) is 18.9 Å². The predicted octanol–water partition coefficient (Wildman–Crippen LogP) is 0.769. The zero-order valence-corrected chi connectivity index (χ0v) is 15.1. The number of rotatable bonds is 7. The van der Waals surface area contributed by atoms with E-state index in [1.54, 1.807) is 12.1 Å². The van der Waals surface area contributed by atoms with Crippen molar-refractivity contribution >= 4 is 23.8 Å². The maximum Gasteiger partial charge on any atom is 0.224 e. The number of ketones is 1. The number of ether oxygens (including phenoxy) is 1. The number of piperidine rings is 1. The highest BCUT2D eigenvalue weighted by atomic mass is 16.5. The number of nitrogens with zero attached hydrogens (tertiary/aromatic N) is 4. The van der Waals surface area contributed by atoms with Crippen LogP contribution in [0, 0.1) is 0 Å². The second-order valence-electron chi connectivity index (χ2n) is 6.26. The van der Waals surface area contributed by atoms with Crippen LogP contribution < -0.4 is 15.8 Å². The third kappa shape index (κ3) is 4.37. The van der Waals surface area contributed by atoms with Gasteiger partial charge in [-0.1, -0.05) is 0 Å². The fourth-order valence-corrected chi connectivity index (χ4v) is 3.04. The lowest BCUT2D eigenvalue weighted by Gasteiger charge is -2.31. The summed E-state index contributed by atoms with van der Waals surface area (Å²) in [7, 11) is 1.47. The van der Waals surface area contributed by atoms with Gasteiger partial charge in [0.25, 0.3) is 0 Å². The highest BCUT2D eigenvalue weighted by Gasteiger charge is 2.22. The van der Waals surface area contributed by atoms with Crippen molar-refractivity contribution in [3.05, 3.63) is 35.8 Å². The molecular formula is C18H22N6O3. The van der Waals surface area contributed by atoms with E-state index in [1.807, 2.05) is 0 Å². The molecule has 1 aliphatic heterocycles. The number of hydrogen-bond acceptors (Lipinski definition) is 9. The lowest BCUT2D eigenvalue weighted by molar-refractivity contribution is -0.109. The van der Waals surface area contributed by atoms with E-state index in [0.29, 0.717) is 18.2 Å². The Labute approximate surface area is 157 Å². The molecule has 27 heavy (non-hydrogen) atoms. The van der Waals surface area contributed by atoms with Crippen molar-refractivity contribution in [1.82, 2.24) is 19.9 Å². The van der Waals surface area contributed by atoms with E-state index in [2.05, 4.69) is 25.2 Å². The van der Waals surface area contributed by atoms with Crippen molar-refractivity contribution in [3.8, 4) is 5.75 Å². The van der Waals surface area contributed by atoms with E-state index >= 15 is 0 Å². The van der Waals surface area contributed by atoms with Gasteiger partial charge in [0.15, 0.2) is 5.69 Å². The fraction of sp³-hybridized carbons (Fsp3) is 0.389. The van der Waals surface area contributed by atoms with Crippen LogP contribution in [-0.4, -0.2) is 64.7 Å². The Bertz CT molecular complexity index is 820. The molecule has 0 aliphatic carbocycles. The van der Waals surface area contributed by atoms with Gasteiger partial charge in [0, 0.05) is 31.5 Å². The second kappa shape index (κ2) is 8.54. The summed E-state index contributed by atoms with van der Waals surface area (Å²) in [6, 6.07) is 3.54. The molecule has 0 atom stereocenters. The van der Waals surface area contributed by atoms with E-state index in [9.17, 15) is 9.59 Å². The van der Waals surface area contributed by atoms with E-state index in [4.69, 9.17) is 10.5 Å². The van der Waals surface area contributed by atoms with Crippen LogP contribution in [0.1, 0.15) is 28.9 Å². The number of pyridine rings is 1. The first-order valence-corrected chi connectivity index (χ1v) is 8.71. The van der Waals surface area contributed by atoms with E-state index < -0.39 is 5.78 Å². The number of likely N-dealkylation sites (tertiary alicyclic amines) is 1. The molecule has 0 unspecified atom stereocenters. The molecule has 0 radical (unpaired) electrons. The second-order valence-corrected chi connectivity index (χ2v) is 6.26. The fourth-order valence-electron chi connectivity index (χ4n) is 3.04. The van der Waals surface area contributed by atoms with Crippen LogP contribution >= 0.6 is 0 Å². The standard InChI is InChI=1S/C18H22N6O3/c1-27-14-3-2-6-20-15(14)16(26)13-11-21-18(23-17(13)19)22-12-4-7-24(8-5-12)9-10-25/h2-3,6,10-12H,4-5,7-9H2,1H3,(H3,19,21,22,23). The number of anilines is 2. The summed E-state index contributed by atoms with van der Waals surface area (Å²) in [6.45, 7) is 2.13. The van der Waals surface area contributed by atoms with Gasteiger partial charge in [-0.3, -0.25) is 9.69 Å². The Hall–Kier alpha value is -3.07. The van der Waals surface area contributed by atoms with Gasteiger partial charge in [-0.2, -0.15) is 4.98 Å². The van der Waals surface area contributed by atoms with Gasteiger partial charge in [-0.25, -0.2) is 9.97 Å². The van der Waals surface area contributed by atoms with Crippen LogP contribution in [0.3, 0.4) is 0 Å². The van der Waals surface area contributed by atoms with Gasteiger partial charge in [0.2, 0.25) is 11.7 Å². The SMILES string of the molecule is COc1cccnc1C(=O)c1cnc(NC2CCN(CC=O)CC2)nc1N. The average molecular weight is 370 g/mol. The molecule has 0 aromatic carbocycles. The van der Waals surface area contributed by atoms with Gasteiger partial charge in [0.05, 0.1) is 19.2 Å². The molecule has 1 saturated heterocycles. The third-order valence-electron chi connectivity index (χ3n) is 4.52. The molecule has 2 aromatic heterocycles. The Morgan fingerprint density at radius 1 is 1.41 bits per heavy atom. The number of nitrogens with one attached hydrogen (secondary N) is 1. The quantitative estimate of drug-likeness (QED) is 0.537. The van der Waals surface area contributed by atoms with E-state index in [0.717, 1.165) is 32.2 Å². The Morgan fingerprint density at radius 3 is 2.85 bits per heavy atom. The summed E-state index contributed by atoms with van der Waals surface area (Å²) < 4.78 is 5.17. The molecule has 0 amide bonds. The number of hydrogen-bond donors (Lipinski definition) is 2. The molecule has 0 bridgehead atoms. The van der Waals surface area contributed by atoms with Gasteiger partial charge in [0.1, 0.15) is 17.9 Å². The first-order valence-electron chi connectivity index (χ1n) is 8.71. The first-order chi connectivity index (χ1) is 13.1. The van der Waals surface area contributed by atoms with Crippen LogP contribution in [0.15, 0.2) is 24.5 Å². The predicted molar refractivity (Wildman–Crippen MR) is 99.8 cm³/mol. The van der Waals surface area contributed by atoms with Gasteiger partial charge in [-0.05, 0) is 25.0 Å². The Kier molecular flexibility index (Phi) is 5.92. The largest absolute Gasteiger partial charge is 0.494 e. The first kappa shape index (κ1) is 18.7. The zero-order valence-electron chi connectivity index (χ0n) is 15.1. The molecule has 9 nitrogen and oxygen atoms in total. The molecule has 1 fully saturated rings. The summed E-state index contributed by atoms with van der Waals surface area (Å²) >= 11 is 0. The maximum atomic E-state index is 12.7.